The van der Waals surface area contributed by atoms with Gasteiger partial charge in [0.1, 0.15) is 12.3 Å². The molecule has 1 spiro atoms. The molecule has 5 rings (SSSR count). The summed E-state index contributed by atoms with van der Waals surface area (Å²) in [5.74, 6) is -0.0715. The largest absolute Gasteiger partial charge is 0.493 e. The number of carbonyl (C=O) groups is 3. The van der Waals surface area contributed by atoms with E-state index in [9.17, 15) is 14.4 Å². The molecule has 1 fully saturated rings. The summed E-state index contributed by atoms with van der Waals surface area (Å²) in [7, 11) is 0. The van der Waals surface area contributed by atoms with Crippen LogP contribution >= 0.6 is 0 Å². The maximum atomic E-state index is 13.3. The van der Waals surface area contributed by atoms with Crippen molar-refractivity contribution in [1.29, 1.82) is 0 Å². The van der Waals surface area contributed by atoms with Gasteiger partial charge in [0.25, 0.3) is 5.91 Å². The maximum Gasteiger partial charge on any atom is 0.325 e. The van der Waals surface area contributed by atoms with E-state index in [1.165, 1.54) is 0 Å². The second-order valence-corrected chi connectivity index (χ2v) is 7.77. The van der Waals surface area contributed by atoms with Crippen LogP contribution < -0.4 is 15.0 Å². The van der Waals surface area contributed by atoms with Gasteiger partial charge < -0.3 is 15.0 Å². The number of para-hydroxylation sites is 2. The number of amides is 4. The summed E-state index contributed by atoms with van der Waals surface area (Å²) in [5, 5.41) is 2.84. The van der Waals surface area contributed by atoms with E-state index in [2.05, 4.69) is 5.32 Å². The first kappa shape index (κ1) is 17.7. The van der Waals surface area contributed by atoms with Crippen LogP contribution in [0.3, 0.4) is 0 Å². The van der Waals surface area contributed by atoms with Crippen molar-refractivity contribution in [2.75, 3.05) is 18.1 Å². The number of imide groups is 1. The van der Waals surface area contributed by atoms with Crippen molar-refractivity contribution in [2.24, 2.45) is 0 Å². The third kappa shape index (κ3) is 2.53. The van der Waals surface area contributed by atoms with Crippen LogP contribution in [0.4, 0.5) is 10.5 Å². The van der Waals surface area contributed by atoms with Crippen molar-refractivity contribution < 1.29 is 19.1 Å². The molecule has 0 saturated carbocycles. The Morgan fingerprint density at radius 1 is 1.17 bits per heavy atom. The van der Waals surface area contributed by atoms with Crippen molar-refractivity contribution in [3.8, 4) is 5.75 Å². The number of urea groups is 1. The molecule has 0 radical (unpaired) electrons. The Morgan fingerprint density at radius 2 is 1.93 bits per heavy atom. The zero-order chi connectivity index (χ0) is 20.2. The van der Waals surface area contributed by atoms with Gasteiger partial charge in [-0.25, -0.2) is 4.79 Å². The predicted octanol–water partition coefficient (Wildman–Crippen LogP) is 2.19. The van der Waals surface area contributed by atoms with Crippen LogP contribution in [0, 0.1) is 0 Å². The Kier molecular flexibility index (Phi) is 3.87. The molecule has 2 aromatic carbocycles. The summed E-state index contributed by atoms with van der Waals surface area (Å²) in [6, 6.07) is 14.4. The molecule has 3 aliphatic rings. The first-order valence-corrected chi connectivity index (χ1v) is 9.77. The molecule has 2 atom stereocenters. The summed E-state index contributed by atoms with van der Waals surface area (Å²) in [6.07, 6.45) is 1.10. The van der Waals surface area contributed by atoms with Crippen LogP contribution in [0.2, 0.25) is 0 Å². The van der Waals surface area contributed by atoms with Crippen LogP contribution in [0.25, 0.3) is 0 Å². The number of ether oxygens (including phenoxy) is 1. The summed E-state index contributed by atoms with van der Waals surface area (Å²) in [6.45, 7) is 2.01. The molecule has 7 nitrogen and oxygen atoms in total. The highest BCUT2D eigenvalue weighted by Crippen LogP contribution is 2.41. The number of carbonyl (C=O) groups excluding carboxylic acids is 3. The standard InChI is InChI=1S/C22H21N3O4/c1-14-12-15-6-2-4-8-17(15)25(14)19(26)13-24-20(27)22(23-21(24)28)10-11-29-18-9-5-3-7-16(18)22/h2-9,14H,10-13H2,1H3,(H,23,28)/t14-,22+/m0/s1. The first-order chi connectivity index (χ1) is 14.0. The van der Waals surface area contributed by atoms with Crippen molar-refractivity contribution in [3.05, 3.63) is 59.7 Å². The van der Waals surface area contributed by atoms with E-state index in [1.807, 2.05) is 43.3 Å². The molecule has 0 aromatic heterocycles. The smallest absolute Gasteiger partial charge is 0.325 e. The van der Waals surface area contributed by atoms with Gasteiger partial charge in [-0.2, -0.15) is 0 Å². The van der Waals surface area contributed by atoms with Crippen molar-refractivity contribution in [2.45, 2.75) is 31.3 Å². The van der Waals surface area contributed by atoms with E-state index >= 15 is 0 Å². The highest BCUT2D eigenvalue weighted by molar-refractivity contribution is 6.11. The lowest BCUT2D eigenvalue weighted by Crippen LogP contribution is -2.48. The Labute approximate surface area is 168 Å². The number of nitrogens with zero attached hydrogens (tertiary/aromatic N) is 2. The average molecular weight is 391 g/mol. The molecular weight excluding hydrogens is 370 g/mol. The quantitative estimate of drug-likeness (QED) is 0.796. The van der Waals surface area contributed by atoms with Crippen molar-refractivity contribution in [1.82, 2.24) is 10.2 Å². The first-order valence-electron chi connectivity index (χ1n) is 9.77. The molecule has 0 unspecified atom stereocenters. The molecule has 0 bridgehead atoms. The molecule has 0 aliphatic carbocycles. The zero-order valence-corrected chi connectivity index (χ0v) is 16.1. The van der Waals surface area contributed by atoms with Crippen LogP contribution in [-0.4, -0.2) is 41.9 Å². The SMILES string of the molecule is C[C@H]1Cc2ccccc2N1C(=O)CN1C(=O)N[C@@]2(CCOc3ccccc32)C1=O. The maximum absolute atomic E-state index is 13.3. The van der Waals surface area contributed by atoms with Crippen LogP contribution in [-0.2, 0) is 21.5 Å². The summed E-state index contributed by atoms with van der Waals surface area (Å²) in [4.78, 5) is 41.9. The summed E-state index contributed by atoms with van der Waals surface area (Å²) >= 11 is 0. The molecule has 1 saturated heterocycles. The fourth-order valence-corrected chi connectivity index (χ4v) is 4.67. The number of nitrogens with one attached hydrogen (secondary N) is 1. The minimum atomic E-state index is -1.17. The van der Waals surface area contributed by atoms with Crippen molar-refractivity contribution in [3.63, 3.8) is 0 Å². The van der Waals surface area contributed by atoms with E-state index in [0.717, 1.165) is 22.6 Å². The van der Waals surface area contributed by atoms with Gasteiger partial charge in [-0.1, -0.05) is 36.4 Å². The van der Waals surface area contributed by atoms with E-state index in [0.29, 0.717) is 24.3 Å². The molecule has 7 heteroatoms. The van der Waals surface area contributed by atoms with Gasteiger partial charge in [0.2, 0.25) is 5.91 Å². The molecule has 3 heterocycles. The summed E-state index contributed by atoms with van der Waals surface area (Å²) < 4.78 is 5.65. The highest BCUT2D eigenvalue weighted by atomic mass is 16.5. The average Bonchev–Trinajstić information content (AvgIpc) is 3.17. The second kappa shape index (κ2) is 6.34. The third-order valence-electron chi connectivity index (χ3n) is 6.03. The molecule has 4 amide bonds. The Bertz CT molecular complexity index is 1040. The number of hydrogen-bond acceptors (Lipinski definition) is 4. The van der Waals surface area contributed by atoms with Crippen LogP contribution in [0.5, 0.6) is 5.75 Å². The van der Waals surface area contributed by atoms with Gasteiger partial charge in [0.05, 0.1) is 6.61 Å². The Hall–Kier alpha value is -3.35. The van der Waals surface area contributed by atoms with Gasteiger partial charge in [0, 0.05) is 23.7 Å². The van der Waals surface area contributed by atoms with Gasteiger partial charge in [-0.15, -0.1) is 0 Å². The minimum Gasteiger partial charge on any atom is -0.493 e. The topological polar surface area (TPSA) is 79.0 Å². The predicted molar refractivity (Wildman–Crippen MR) is 106 cm³/mol. The number of hydrogen-bond donors (Lipinski definition) is 1. The number of fused-ring (bicyclic) bond motifs is 3. The number of rotatable bonds is 2. The Morgan fingerprint density at radius 3 is 2.79 bits per heavy atom. The fourth-order valence-electron chi connectivity index (χ4n) is 4.67. The number of anilines is 1. The molecule has 148 valence electrons. The van der Waals surface area contributed by atoms with Crippen LogP contribution in [0.15, 0.2) is 48.5 Å². The third-order valence-corrected chi connectivity index (χ3v) is 6.03. The Balaban J connectivity index is 1.43. The number of benzene rings is 2. The highest BCUT2D eigenvalue weighted by Gasteiger charge is 2.55. The van der Waals surface area contributed by atoms with E-state index in [-0.39, 0.29) is 18.5 Å². The fraction of sp³-hybridized carbons (Fsp3) is 0.318. The lowest BCUT2D eigenvalue weighted by atomic mass is 9.84. The molecule has 29 heavy (non-hydrogen) atoms. The van der Waals surface area contributed by atoms with E-state index < -0.39 is 17.5 Å². The van der Waals surface area contributed by atoms with Gasteiger partial charge in [0.15, 0.2) is 5.54 Å². The van der Waals surface area contributed by atoms with Crippen molar-refractivity contribution >= 4 is 23.5 Å². The molecular formula is C22H21N3O4. The zero-order valence-electron chi connectivity index (χ0n) is 16.1. The summed E-state index contributed by atoms with van der Waals surface area (Å²) in [5.41, 5.74) is 1.42. The second-order valence-electron chi connectivity index (χ2n) is 7.77. The monoisotopic (exact) mass is 391 g/mol. The minimum absolute atomic E-state index is 0.0153. The van der Waals surface area contributed by atoms with Gasteiger partial charge >= 0.3 is 6.03 Å². The van der Waals surface area contributed by atoms with E-state index in [4.69, 9.17) is 4.74 Å². The molecule has 3 aliphatic heterocycles. The molecule has 1 N–H and O–H groups in total. The normalized spacial score (nSPS) is 24.9. The van der Waals surface area contributed by atoms with E-state index in [1.54, 1.807) is 17.0 Å². The lowest BCUT2D eigenvalue weighted by Gasteiger charge is -2.33. The van der Waals surface area contributed by atoms with Crippen LogP contribution in [0.1, 0.15) is 24.5 Å². The molecule has 2 aromatic rings. The van der Waals surface area contributed by atoms with Gasteiger partial charge in [-0.3, -0.25) is 14.5 Å². The van der Waals surface area contributed by atoms with Gasteiger partial charge in [-0.05, 0) is 31.0 Å². The lowest BCUT2D eigenvalue weighted by molar-refractivity contribution is -0.135.